The molecule has 2 fully saturated rings. The van der Waals surface area contributed by atoms with Gasteiger partial charge in [-0.2, -0.15) is 4.68 Å². The fourth-order valence-electron chi connectivity index (χ4n) is 4.30. The second-order valence-electron chi connectivity index (χ2n) is 7.96. The SMILES string of the molecule is O=C(C1CC[NH+](Cn2nc(-c3ccccc3)oc2=S)CC1)N1CCCCCC1. The van der Waals surface area contributed by atoms with Crippen LogP contribution in [0.5, 0.6) is 0 Å². The van der Waals surface area contributed by atoms with E-state index in [1.165, 1.54) is 17.7 Å². The zero-order valence-corrected chi connectivity index (χ0v) is 17.1. The van der Waals surface area contributed by atoms with Crippen LogP contribution in [0.1, 0.15) is 38.5 Å². The predicted octanol–water partition coefficient (Wildman–Crippen LogP) is 2.53. The number of amides is 1. The van der Waals surface area contributed by atoms with E-state index in [-0.39, 0.29) is 5.92 Å². The molecule has 2 aromatic rings. The molecule has 3 heterocycles. The van der Waals surface area contributed by atoms with Gasteiger partial charge in [0.15, 0.2) is 6.67 Å². The lowest BCUT2D eigenvalue weighted by Crippen LogP contribution is -3.12. The Hall–Kier alpha value is -1.99. The summed E-state index contributed by atoms with van der Waals surface area (Å²) >= 11 is 5.36. The third-order valence-electron chi connectivity index (χ3n) is 5.96. The average Bonchev–Trinajstić information content (AvgIpc) is 2.93. The van der Waals surface area contributed by atoms with Gasteiger partial charge in [-0.05, 0) is 37.2 Å². The molecule has 0 radical (unpaired) electrons. The Morgan fingerprint density at radius 2 is 1.79 bits per heavy atom. The van der Waals surface area contributed by atoms with Gasteiger partial charge in [0, 0.05) is 37.4 Å². The molecule has 1 aromatic heterocycles. The summed E-state index contributed by atoms with van der Waals surface area (Å²) in [5, 5.41) is 4.56. The number of aromatic nitrogens is 2. The lowest BCUT2D eigenvalue weighted by Gasteiger charge is -2.31. The number of quaternary nitrogens is 1. The van der Waals surface area contributed by atoms with Gasteiger partial charge < -0.3 is 14.2 Å². The summed E-state index contributed by atoms with van der Waals surface area (Å²) in [7, 11) is 0. The van der Waals surface area contributed by atoms with Crippen LogP contribution >= 0.6 is 12.2 Å². The van der Waals surface area contributed by atoms with Crippen molar-refractivity contribution in [1.29, 1.82) is 0 Å². The Morgan fingerprint density at radius 1 is 1.11 bits per heavy atom. The number of hydrogen-bond donors (Lipinski definition) is 1. The summed E-state index contributed by atoms with van der Waals surface area (Å²) in [4.78, 5) is 16.8. The molecule has 0 saturated carbocycles. The van der Waals surface area contributed by atoms with Gasteiger partial charge in [-0.1, -0.05) is 31.0 Å². The fourth-order valence-corrected chi connectivity index (χ4v) is 4.48. The maximum absolute atomic E-state index is 12.9. The van der Waals surface area contributed by atoms with E-state index < -0.39 is 0 Å². The number of nitrogens with zero attached hydrogens (tertiary/aromatic N) is 3. The summed E-state index contributed by atoms with van der Waals surface area (Å²) in [5.41, 5.74) is 0.934. The standard InChI is InChI=1S/C21H28N4O2S/c26-20(24-12-6-1-2-7-13-24)18-10-14-23(15-11-18)16-25-21(28)27-19(22-25)17-8-4-3-5-9-17/h3-5,8-9,18H,1-2,6-7,10-16H2/p+1. The number of hydrogen-bond acceptors (Lipinski definition) is 4. The van der Waals surface area contributed by atoms with Crippen LogP contribution in [-0.4, -0.2) is 46.8 Å². The van der Waals surface area contributed by atoms with Crippen LogP contribution < -0.4 is 4.90 Å². The average molecular weight is 402 g/mol. The van der Waals surface area contributed by atoms with E-state index in [4.69, 9.17) is 16.6 Å². The number of rotatable bonds is 4. The summed E-state index contributed by atoms with van der Waals surface area (Å²) < 4.78 is 7.47. The summed E-state index contributed by atoms with van der Waals surface area (Å²) in [6.45, 7) is 4.53. The van der Waals surface area contributed by atoms with E-state index in [0.717, 1.165) is 57.4 Å². The van der Waals surface area contributed by atoms with Gasteiger partial charge in [0.25, 0.3) is 4.84 Å². The molecule has 2 aliphatic heterocycles. The van der Waals surface area contributed by atoms with Crippen molar-refractivity contribution in [2.75, 3.05) is 26.2 Å². The Labute approximate surface area is 171 Å². The molecule has 2 aliphatic rings. The van der Waals surface area contributed by atoms with Crippen molar-refractivity contribution >= 4 is 18.1 Å². The van der Waals surface area contributed by atoms with Gasteiger partial charge in [0.05, 0.1) is 13.1 Å². The van der Waals surface area contributed by atoms with Gasteiger partial charge in [-0.25, -0.2) is 0 Å². The minimum Gasteiger partial charge on any atom is -0.409 e. The van der Waals surface area contributed by atoms with Gasteiger partial charge in [0.1, 0.15) is 0 Å². The van der Waals surface area contributed by atoms with E-state index in [2.05, 4.69) is 10.00 Å². The first-order chi connectivity index (χ1) is 13.7. The second kappa shape index (κ2) is 9.01. The molecule has 28 heavy (non-hydrogen) atoms. The summed E-state index contributed by atoms with van der Waals surface area (Å²) in [5.74, 6) is 1.13. The minimum atomic E-state index is 0.187. The molecule has 0 aliphatic carbocycles. The van der Waals surface area contributed by atoms with Crippen molar-refractivity contribution in [3.8, 4) is 11.5 Å². The third-order valence-corrected chi connectivity index (χ3v) is 6.25. The van der Waals surface area contributed by atoms with Gasteiger partial charge in [-0.3, -0.25) is 4.79 Å². The number of carbonyl (C=O) groups excluding carboxylic acids is 1. The van der Waals surface area contributed by atoms with E-state index in [0.29, 0.717) is 23.3 Å². The fraction of sp³-hybridized carbons (Fsp3) is 0.571. The first-order valence-corrected chi connectivity index (χ1v) is 10.9. The number of benzene rings is 1. The number of nitrogens with one attached hydrogen (secondary N) is 1. The normalized spacial score (nSPS) is 23.4. The highest BCUT2D eigenvalue weighted by molar-refractivity contribution is 7.71. The molecule has 0 atom stereocenters. The largest absolute Gasteiger partial charge is 0.409 e. The van der Waals surface area contributed by atoms with Gasteiger partial charge in [0.2, 0.25) is 11.8 Å². The molecular weight excluding hydrogens is 372 g/mol. The summed E-state index contributed by atoms with van der Waals surface area (Å²) in [6, 6.07) is 9.83. The Kier molecular flexibility index (Phi) is 6.22. The molecule has 0 spiro atoms. The molecule has 4 rings (SSSR count). The van der Waals surface area contributed by atoms with Gasteiger partial charge in [-0.15, -0.1) is 5.10 Å². The lowest BCUT2D eigenvalue weighted by atomic mass is 9.95. The zero-order chi connectivity index (χ0) is 19.3. The van der Waals surface area contributed by atoms with E-state index >= 15 is 0 Å². The third kappa shape index (κ3) is 4.52. The monoisotopic (exact) mass is 401 g/mol. The van der Waals surface area contributed by atoms with Gasteiger partial charge >= 0.3 is 0 Å². The Morgan fingerprint density at radius 3 is 2.46 bits per heavy atom. The van der Waals surface area contributed by atoms with Crippen molar-refractivity contribution in [2.24, 2.45) is 5.92 Å². The molecular formula is C21H29N4O2S+. The molecule has 7 heteroatoms. The first kappa shape index (κ1) is 19.3. The molecule has 1 N–H and O–H groups in total. The van der Waals surface area contributed by atoms with E-state index in [1.54, 1.807) is 4.68 Å². The van der Waals surface area contributed by atoms with E-state index in [9.17, 15) is 4.79 Å². The van der Waals surface area contributed by atoms with E-state index in [1.807, 2.05) is 30.3 Å². The Bertz CT molecular complexity index is 832. The van der Waals surface area contributed by atoms with Crippen molar-refractivity contribution in [3.63, 3.8) is 0 Å². The van der Waals surface area contributed by atoms with Crippen molar-refractivity contribution in [3.05, 3.63) is 35.2 Å². The molecule has 0 bridgehead atoms. The lowest BCUT2D eigenvalue weighted by molar-refractivity contribution is -0.929. The molecule has 2 saturated heterocycles. The van der Waals surface area contributed by atoms with Crippen molar-refractivity contribution in [1.82, 2.24) is 14.7 Å². The predicted molar refractivity (Wildman–Crippen MR) is 109 cm³/mol. The molecule has 1 amide bonds. The molecule has 0 unspecified atom stereocenters. The summed E-state index contributed by atoms with van der Waals surface area (Å²) in [6.07, 6.45) is 6.72. The Balaban J connectivity index is 1.33. The van der Waals surface area contributed by atoms with Crippen LogP contribution in [0.3, 0.4) is 0 Å². The van der Waals surface area contributed by atoms with Crippen molar-refractivity contribution in [2.45, 2.75) is 45.2 Å². The maximum Gasteiger partial charge on any atom is 0.292 e. The highest BCUT2D eigenvalue weighted by atomic mass is 32.1. The minimum absolute atomic E-state index is 0.187. The highest BCUT2D eigenvalue weighted by Crippen LogP contribution is 2.19. The van der Waals surface area contributed by atoms with Crippen molar-refractivity contribution < 1.29 is 14.1 Å². The highest BCUT2D eigenvalue weighted by Gasteiger charge is 2.31. The molecule has 6 nitrogen and oxygen atoms in total. The number of likely N-dealkylation sites (tertiary alicyclic amines) is 2. The van der Waals surface area contributed by atoms with Crippen LogP contribution in [0.25, 0.3) is 11.5 Å². The first-order valence-electron chi connectivity index (χ1n) is 10.5. The topological polar surface area (TPSA) is 55.7 Å². The maximum atomic E-state index is 12.9. The van der Waals surface area contributed by atoms with Crippen LogP contribution in [0, 0.1) is 10.8 Å². The number of piperidine rings is 1. The quantitative estimate of drug-likeness (QED) is 0.800. The van der Waals surface area contributed by atoms with Crippen LogP contribution in [0.15, 0.2) is 34.7 Å². The van der Waals surface area contributed by atoms with Crippen LogP contribution in [-0.2, 0) is 11.5 Å². The second-order valence-corrected chi connectivity index (χ2v) is 8.31. The molecule has 1 aromatic carbocycles. The van der Waals surface area contributed by atoms with Crippen LogP contribution in [0.2, 0.25) is 0 Å². The number of carbonyl (C=O) groups is 1. The molecule has 150 valence electrons. The zero-order valence-electron chi connectivity index (χ0n) is 16.3. The smallest absolute Gasteiger partial charge is 0.292 e. The van der Waals surface area contributed by atoms with Crippen LogP contribution in [0.4, 0.5) is 0 Å².